The summed E-state index contributed by atoms with van der Waals surface area (Å²) in [5.74, 6) is -1.87. The van der Waals surface area contributed by atoms with Gasteiger partial charge in [0.2, 0.25) is 5.91 Å². The zero-order valence-corrected chi connectivity index (χ0v) is 11.9. The summed E-state index contributed by atoms with van der Waals surface area (Å²) < 4.78 is 37.2. The van der Waals surface area contributed by atoms with Crippen LogP contribution in [0.2, 0.25) is 0 Å². The number of alkyl halides is 3. The SMILES string of the molecule is C[C@H](CC(F)(F)F)C(=O)N1OCC[C@H]1c1ccc(C#N)cc1. The number of carbonyl (C=O) groups is 1. The first-order valence-corrected chi connectivity index (χ1v) is 6.84. The number of hydrogen-bond donors (Lipinski definition) is 0. The van der Waals surface area contributed by atoms with Crippen molar-refractivity contribution in [3.8, 4) is 6.07 Å². The molecule has 0 saturated carbocycles. The quantitative estimate of drug-likeness (QED) is 0.860. The molecule has 0 N–H and O–H groups in total. The Labute approximate surface area is 126 Å². The molecule has 0 spiro atoms. The first-order chi connectivity index (χ1) is 10.3. The van der Waals surface area contributed by atoms with Gasteiger partial charge < -0.3 is 0 Å². The lowest BCUT2D eigenvalue weighted by molar-refractivity contribution is -0.190. The van der Waals surface area contributed by atoms with Crippen molar-refractivity contribution in [2.24, 2.45) is 5.92 Å². The van der Waals surface area contributed by atoms with Crippen molar-refractivity contribution in [1.29, 1.82) is 5.26 Å². The van der Waals surface area contributed by atoms with Gasteiger partial charge in [0.05, 0.1) is 30.7 Å². The van der Waals surface area contributed by atoms with Crippen LogP contribution < -0.4 is 0 Å². The molecule has 0 unspecified atom stereocenters. The minimum absolute atomic E-state index is 0.273. The van der Waals surface area contributed by atoms with Crippen molar-refractivity contribution < 1.29 is 22.8 Å². The van der Waals surface area contributed by atoms with Crippen molar-refractivity contribution in [2.75, 3.05) is 6.61 Å². The Bertz CT molecular complexity index is 578. The molecule has 0 radical (unpaired) electrons. The summed E-state index contributed by atoms with van der Waals surface area (Å²) in [4.78, 5) is 17.4. The Morgan fingerprint density at radius 1 is 1.45 bits per heavy atom. The van der Waals surface area contributed by atoms with E-state index >= 15 is 0 Å². The lowest BCUT2D eigenvalue weighted by atomic mass is 10.0. The van der Waals surface area contributed by atoms with Crippen LogP contribution in [0.1, 0.15) is 36.9 Å². The predicted molar refractivity (Wildman–Crippen MR) is 71.1 cm³/mol. The molecule has 1 amide bonds. The minimum Gasteiger partial charge on any atom is -0.272 e. The molecule has 0 bridgehead atoms. The molecular weight excluding hydrogens is 297 g/mol. The van der Waals surface area contributed by atoms with E-state index in [1.165, 1.54) is 6.92 Å². The topological polar surface area (TPSA) is 53.3 Å². The van der Waals surface area contributed by atoms with E-state index in [-0.39, 0.29) is 6.61 Å². The molecule has 1 aliphatic heterocycles. The van der Waals surface area contributed by atoms with Crippen LogP contribution in [0.25, 0.3) is 0 Å². The summed E-state index contributed by atoms with van der Waals surface area (Å²) in [6.07, 6.45) is -5.05. The first kappa shape index (κ1) is 16.3. The highest BCUT2D eigenvalue weighted by atomic mass is 19.4. The average Bonchev–Trinajstić information content (AvgIpc) is 2.94. The molecular formula is C15H15F3N2O2. The van der Waals surface area contributed by atoms with E-state index in [4.69, 9.17) is 10.1 Å². The third kappa shape index (κ3) is 3.77. The highest BCUT2D eigenvalue weighted by molar-refractivity contribution is 5.78. The summed E-state index contributed by atoms with van der Waals surface area (Å²) in [5, 5.41) is 9.81. The van der Waals surface area contributed by atoms with E-state index in [0.29, 0.717) is 12.0 Å². The highest BCUT2D eigenvalue weighted by Gasteiger charge is 2.39. The average molecular weight is 312 g/mol. The van der Waals surface area contributed by atoms with Gasteiger partial charge in [0.1, 0.15) is 0 Å². The second kappa shape index (κ2) is 6.36. The maximum atomic E-state index is 12.4. The molecule has 1 aromatic rings. The second-order valence-electron chi connectivity index (χ2n) is 5.26. The van der Waals surface area contributed by atoms with Gasteiger partial charge in [-0.15, -0.1) is 0 Å². The van der Waals surface area contributed by atoms with Gasteiger partial charge in [-0.3, -0.25) is 9.63 Å². The van der Waals surface area contributed by atoms with Crippen LogP contribution in [-0.4, -0.2) is 23.8 Å². The van der Waals surface area contributed by atoms with Gasteiger partial charge in [-0.05, 0) is 17.7 Å². The zero-order valence-electron chi connectivity index (χ0n) is 11.9. The van der Waals surface area contributed by atoms with E-state index < -0.39 is 30.5 Å². The smallest absolute Gasteiger partial charge is 0.272 e. The Hall–Kier alpha value is -2.07. The van der Waals surface area contributed by atoms with Crippen LogP contribution in [0, 0.1) is 17.2 Å². The van der Waals surface area contributed by atoms with Gasteiger partial charge in [-0.25, -0.2) is 5.06 Å². The molecule has 4 nitrogen and oxygen atoms in total. The number of amides is 1. The zero-order chi connectivity index (χ0) is 16.3. The van der Waals surface area contributed by atoms with Gasteiger partial charge in [0.25, 0.3) is 0 Å². The van der Waals surface area contributed by atoms with Crippen LogP contribution >= 0.6 is 0 Å². The lowest BCUT2D eigenvalue weighted by Gasteiger charge is -2.26. The van der Waals surface area contributed by atoms with Gasteiger partial charge in [-0.2, -0.15) is 18.4 Å². The molecule has 22 heavy (non-hydrogen) atoms. The Kier molecular flexibility index (Phi) is 4.71. The number of rotatable bonds is 3. The first-order valence-electron chi connectivity index (χ1n) is 6.84. The lowest BCUT2D eigenvalue weighted by Crippen LogP contribution is -2.35. The third-order valence-corrected chi connectivity index (χ3v) is 3.51. The standard InChI is InChI=1S/C15H15F3N2O2/c1-10(8-15(16,17)18)14(21)20-13(6-7-22-20)12-4-2-11(9-19)3-5-12/h2-5,10,13H,6-8H2,1H3/t10-,13+/m1/s1. The third-order valence-electron chi connectivity index (χ3n) is 3.51. The van der Waals surface area contributed by atoms with Gasteiger partial charge in [0.15, 0.2) is 0 Å². The van der Waals surface area contributed by atoms with E-state index in [9.17, 15) is 18.0 Å². The molecule has 1 saturated heterocycles. The number of nitriles is 1. The molecule has 2 rings (SSSR count). The second-order valence-corrected chi connectivity index (χ2v) is 5.26. The van der Waals surface area contributed by atoms with Gasteiger partial charge in [-0.1, -0.05) is 19.1 Å². The number of nitrogens with zero attached hydrogens (tertiary/aromatic N) is 2. The molecule has 7 heteroatoms. The van der Waals surface area contributed by atoms with Crippen molar-refractivity contribution in [2.45, 2.75) is 32.0 Å². The molecule has 0 aliphatic carbocycles. The van der Waals surface area contributed by atoms with Crippen molar-refractivity contribution >= 4 is 5.91 Å². The van der Waals surface area contributed by atoms with Crippen molar-refractivity contribution in [3.05, 3.63) is 35.4 Å². The monoisotopic (exact) mass is 312 g/mol. The van der Waals surface area contributed by atoms with E-state index in [1.807, 2.05) is 6.07 Å². The number of hydroxylamine groups is 2. The van der Waals surface area contributed by atoms with Gasteiger partial charge in [0, 0.05) is 12.3 Å². The molecule has 1 aromatic carbocycles. The summed E-state index contributed by atoms with van der Waals surface area (Å²) >= 11 is 0. The number of halogens is 3. The molecule has 0 aromatic heterocycles. The highest BCUT2D eigenvalue weighted by Crippen LogP contribution is 2.34. The Morgan fingerprint density at radius 2 is 2.09 bits per heavy atom. The van der Waals surface area contributed by atoms with Crippen molar-refractivity contribution in [1.82, 2.24) is 5.06 Å². The van der Waals surface area contributed by atoms with E-state index in [0.717, 1.165) is 10.6 Å². The molecule has 2 atom stereocenters. The summed E-state index contributed by atoms with van der Waals surface area (Å²) in [5.41, 5.74) is 1.22. The normalized spacial score (nSPS) is 19.8. The van der Waals surface area contributed by atoms with Crippen LogP contribution in [0.15, 0.2) is 24.3 Å². The summed E-state index contributed by atoms with van der Waals surface area (Å²) in [6.45, 7) is 1.52. The molecule has 1 heterocycles. The van der Waals surface area contributed by atoms with E-state index in [2.05, 4.69) is 0 Å². The molecule has 1 fully saturated rings. The largest absolute Gasteiger partial charge is 0.389 e. The maximum Gasteiger partial charge on any atom is 0.389 e. The fourth-order valence-corrected chi connectivity index (χ4v) is 2.42. The number of benzene rings is 1. The molecule has 118 valence electrons. The van der Waals surface area contributed by atoms with E-state index in [1.54, 1.807) is 24.3 Å². The predicted octanol–water partition coefficient (Wildman–Crippen LogP) is 3.35. The van der Waals surface area contributed by atoms with Crippen LogP contribution in [0.3, 0.4) is 0 Å². The number of carbonyl (C=O) groups excluding carboxylic acids is 1. The Morgan fingerprint density at radius 3 is 2.64 bits per heavy atom. The van der Waals surface area contributed by atoms with Crippen LogP contribution in [0.4, 0.5) is 13.2 Å². The van der Waals surface area contributed by atoms with Crippen LogP contribution in [0.5, 0.6) is 0 Å². The maximum absolute atomic E-state index is 12.4. The van der Waals surface area contributed by atoms with Crippen LogP contribution in [-0.2, 0) is 9.63 Å². The van der Waals surface area contributed by atoms with Gasteiger partial charge >= 0.3 is 6.18 Å². The fraction of sp³-hybridized carbons (Fsp3) is 0.467. The molecule has 1 aliphatic rings. The summed E-state index contributed by atoms with van der Waals surface area (Å²) in [7, 11) is 0. The fourth-order valence-electron chi connectivity index (χ4n) is 2.42. The van der Waals surface area contributed by atoms with Crippen molar-refractivity contribution in [3.63, 3.8) is 0 Å². The number of hydrogen-bond acceptors (Lipinski definition) is 3. The Balaban J connectivity index is 2.12. The summed E-state index contributed by atoms with van der Waals surface area (Å²) in [6, 6.07) is 8.15. The minimum atomic E-state index is -4.39.